The number of hydrogen-bond acceptors (Lipinski definition) is 4. The molecule has 5 heteroatoms. The summed E-state index contributed by atoms with van der Waals surface area (Å²) in [6.45, 7) is 1.98. The van der Waals surface area contributed by atoms with Crippen LogP contribution in [0, 0.1) is 6.92 Å². The first kappa shape index (κ1) is 13.1. The second-order valence-corrected chi connectivity index (χ2v) is 5.83. The minimum absolute atomic E-state index is 0.100. The van der Waals surface area contributed by atoms with E-state index >= 15 is 0 Å². The Hall–Kier alpha value is -0.940. The Balaban J connectivity index is 2.60. The molecule has 0 saturated heterocycles. The van der Waals surface area contributed by atoms with Crippen molar-refractivity contribution in [2.24, 2.45) is 0 Å². The van der Waals surface area contributed by atoms with Crippen LogP contribution in [-0.2, 0) is 9.84 Å². The molecule has 1 aromatic rings. The van der Waals surface area contributed by atoms with Crippen molar-refractivity contribution in [2.75, 3.05) is 12.4 Å². The standard InChI is InChI=1S/C11H17NO3S/c1-10-5-6-11(12-9-10)16(14,15)8-4-2-3-7-13/h5-6,9,13H,2-4,7-8H2,1H3. The highest BCUT2D eigenvalue weighted by Crippen LogP contribution is 2.10. The number of nitrogens with zero attached hydrogens (tertiary/aromatic N) is 1. The second-order valence-electron chi connectivity index (χ2n) is 3.78. The largest absolute Gasteiger partial charge is 0.396 e. The first-order chi connectivity index (χ1) is 7.56. The lowest BCUT2D eigenvalue weighted by atomic mass is 10.3. The van der Waals surface area contributed by atoms with Gasteiger partial charge < -0.3 is 5.11 Å². The fourth-order valence-corrected chi connectivity index (χ4v) is 2.61. The first-order valence-corrected chi connectivity index (χ1v) is 6.98. The van der Waals surface area contributed by atoms with Crippen LogP contribution in [0.5, 0.6) is 0 Å². The highest BCUT2D eigenvalue weighted by atomic mass is 32.2. The van der Waals surface area contributed by atoms with Crippen LogP contribution in [0.4, 0.5) is 0 Å². The van der Waals surface area contributed by atoms with Crippen molar-refractivity contribution in [2.45, 2.75) is 31.2 Å². The van der Waals surface area contributed by atoms with Gasteiger partial charge in [-0.25, -0.2) is 13.4 Å². The molecule has 90 valence electrons. The molecule has 16 heavy (non-hydrogen) atoms. The van der Waals surface area contributed by atoms with Gasteiger partial charge in [-0.05, 0) is 31.4 Å². The van der Waals surface area contributed by atoms with Crippen LogP contribution < -0.4 is 0 Å². The van der Waals surface area contributed by atoms with Gasteiger partial charge in [-0.15, -0.1) is 0 Å². The molecular formula is C11H17NO3S. The van der Waals surface area contributed by atoms with Crippen LogP contribution in [0.15, 0.2) is 23.4 Å². The number of hydrogen-bond donors (Lipinski definition) is 1. The van der Waals surface area contributed by atoms with Gasteiger partial charge in [0.1, 0.15) is 0 Å². The summed E-state index contributed by atoms with van der Waals surface area (Å²) in [4.78, 5) is 3.91. The van der Waals surface area contributed by atoms with Gasteiger partial charge in [-0.2, -0.15) is 0 Å². The normalized spacial score (nSPS) is 11.6. The molecule has 1 N–H and O–H groups in total. The molecule has 0 aliphatic heterocycles. The third-order valence-corrected chi connectivity index (χ3v) is 3.98. The van der Waals surface area contributed by atoms with Gasteiger partial charge in [0.2, 0.25) is 0 Å². The van der Waals surface area contributed by atoms with Gasteiger partial charge in [0.25, 0.3) is 0 Å². The monoisotopic (exact) mass is 243 g/mol. The summed E-state index contributed by atoms with van der Waals surface area (Å²) in [5.74, 6) is 0.100. The molecule has 0 amide bonds. The smallest absolute Gasteiger partial charge is 0.195 e. The lowest BCUT2D eigenvalue weighted by molar-refractivity contribution is 0.284. The SMILES string of the molecule is Cc1ccc(S(=O)(=O)CCCCCO)nc1. The summed E-state index contributed by atoms with van der Waals surface area (Å²) < 4.78 is 23.6. The molecule has 0 aliphatic rings. The number of aliphatic hydroxyl groups excluding tert-OH is 1. The van der Waals surface area contributed by atoms with E-state index in [1.807, 2.05) is 6.92 Å². The van der Waals surface area contributed by atoms with Crippen molar-refractivity contribution in [1.29, 1.82) is 0 Å². The van der Waals surface area contributed by atoms with Gasteiger partial charge in [-0.3, -0.25) is 0 Å². The van der Waals surface area contributed by atoms with Crippen molar-refractivity contribution in [3.8, 4) is 0 Å². The Morgan fingerprint density at radius 2 is 2.00 bits per heavy atom. The van der Waals surface area contributed by atoms with E-state index in [9.17, 15) is 8.42 Å². The lowest BCUT2D eigenvalue weighted by Crippen LogP contribution is -2.08. The highest BCUT2D eigenvalue weighted by molar-refractivity contribution is 7.91. The molecule has 1 aromatic heterocycles. The summed E-state index contributed by atoms with van der Waals surface area (Å²) in [5, 5.41) is 8.72. The van der Waals surface area contributed by atoms with Crippen molar-refractivity contribution in [1.82, 2.24) is 4.98 Å². The molecule has 0 spiro atoms. The minimum Gasteiger partial charge on any atom is -0.396 e. The van der Waals surface area contributed by atoms with Crippen molar-refractivity contribution in [3.63, 3.8) is 0 Å². The van der Waals surface area contributed by atoms with Crippen LogP contribution in [0.2, 0.25) is 0 Å². The van der Waals surface area contributed by atoms with Crippen LogP contribution in [0.25, 0.3) is 0 Å². The third kappa shape index (κ3) is 3.90. The molecule has 0 fully saturated rings. The summed E-state index contributed by atoms with van der Waals surface area (Å²) in [6.07, 6.45) is 3.50. The van der Waals surface area contributed by atoms with Crippen LogP contribution in [0.1, 0.15) is 24.8 Å². The molecule has 0 radical (unpaired) electrons. The number of aliphatic hydroxyl groups is 1. The maximum atomic E-state index is 11.8. The number of sulfone groups is 1. The summed E-state index contributed by atoms with van der Waals surface area (Å²) in [5.41, 5.74) is 0.944. The van der Waals surface area contributed by atoms with E-state index < -0.39 is 9.84 Å². The number of pyridine rings is 1. The molecule has 4 nitrogen and oxygen atoms in total. The number of rotatable bonds is 6. The zero-order valence-electron chi connectivity index (χ0n) is 9.39. The number of unbranched alkanes of at least 4 members (excludes halogenated alkanes) is 2. The summed E-state index contributed by atoms with van der Waals surface area (Å²) in [6, 6.07) is 3.28. The Morgan fingerprint density at radius 3 is 2.56 bits per heavy atom. The number of aryl methyl sites for hydroxylation is 1. The van der Waals surface area contributed by atoms with Crippen LogP contribution in [-0.4, -0.2) is 30.9 Å². The fraction of sp³-hybridized carbons (Fsp3) is 0.545. The van der Waals surface area contributed by atoms with Crippen molar-refractivity contribution in [3.05, 3.63) is 23.9 Å². The maximum absolute atomic E-state index is 11.8. The van der Waals surface area contributed by atoms with E-state index in [-0.39, 0.29) is 17.4 Å². The highest BCUT2D eigenvalue weighted by Gasteiger charge is 2.14. The Bertz CT molecular complexity index is 411. The Labute approximate surface area is 96.3 Å². The second kappa shape index (κ2) is 5.96. The predicted molar refractivity (Wildman–Crippen MR) is 62.0 cm³/mol. The van der Waals surface area contributed by atoms with Crippen LogP contribution >= 0.6 is 0 Å². The lowest BCUT2D eigenvalue weighted by Gasteiger charge is -2.03. The van der Waals surface area contributed by atoms with E-state index in [1.165, 1.54) is 6.07 Å². The van der Waals surface area contributed by atoms with E-state index in [2.05, 4.69) is 4.98 Å². The molecule has 0 aliphatic carbocycles. The summed E-state index contributed by atoms with van der Waals surface area (Å²) in [7, 11) is -3.25. The molecule has 0 aromatic carbocycles. The zero-order valence-corrected chi connectivity index (χ0v) is 10.2. The molecule has 0 bridgehead atoms. The Morgan fingerprint density at radius 1 is 1.25 bits per heavy atom. The zero-order chi connectivity index (χ0) is 12.0. The van der Waals surface area contributed by atoms with Crippen molar-refractivity contribution < 1.29 is 13.5 Å². The van der Waals surface area contributed by atoms with Gasteiger partial charge in [0, 0.05) is 12.8 Å². The van der Waals surface area contributed by atoms with Gasteiger partial charge in [-0.1, -0.05) is 12.5 Å². The molecule has 1 heterocycles. The topological polar surface area (TPSA) is 67.3 Å². The van der Waals surface area contributed by atoms with Gasteiger partial charge >= 0.3 is 0 Å². The van der Waals surface area contributed by atoms with Gasteiger partial charge in [0.15, 0.2) is 14.9 Å². The summed E-state index contributed by atoms with van der Waals surface area (Å²) >= 11 is 0. The average Bonchev–Trinajstić information content (AvgIpc) is 2.25. The average molecular weight is 243 g/mol. The van der Waals surface area contributed by atoms with E-state index in [4.69, 9.17) is 5.11 Å². The minimum atomic E-state index is -3.25. The first-order valence-electron chi connectivity index (χ1n) is 5.32. The third-order valence-electron chi connectivity index (χ3n) is 2.27. The quantitative estimate of drug-likeness (QED) is 0.765. The number of aromatic nitrogens is 1. The Kier molecular flexibility index (Phi) is 4.89. The van der Waals surface area contributed by atoms with Crippen LogP contribution in [0.3, 0.4) is 0 Å². The molecular weight excluding hydrogens is 226 g/mol. The van der Waals surface area contributed by atoms with E-state index in [1.54, 1.807) is 12.3 Å². The van der Waals surface area contributed by atoms with Crippen molar-refractivity contribution >= 4 is 9.84 Å². The molecule has 0 atom stereocenters. The van der Waals surface area contributed by atoms with E-state index in [0.29, 0.717) is 12.8 Å². The maximum Gasteiger partial charge on any atom is 0.195 e. The van der Waals surface area contributed by atoms with Gasteiger partial charge in [0.05, 0.1) is 5.75 Å². The molecule has 0 saturated carbocycles. The molecule has 1 rings (SSSR count). The molecule has 0 unspecified atom stereocenters. The van der Waals surface area contributed by atoms with E-state index in [0.717, 1.165) is 12.0 Å². The fourth-order valence-electron chi connectivity index (χ4n) is 1.32. The predicted octanol–water partition coefficient (Wildman–Crippen LogP) is 1.33.